The topological polar surface area (TPSA) is 20.3 Å². The highest BCUT2D eigenvalue weighted by Gasteiger charge is 2.35. The molecule has 0 aromatic heterocycles. The van der Waals surface area contributed by atoms with Crippen LogP contribution >= 0.6 is 23.2 Å². The Morgan fingerprint density at radius 2 is 2.22 bits per heavy atom. The van der Waals surface area contributed by atoms with Crippen LogP contribution in [0.25, 0.3) is 0 Å². The summed E-state index contributed by atoms with van der Waals surface area (Å²) < 4.78 is 11.2. The summed E-state index contributed by atoms with van der Waals surface area (Å²) in [5.74, 6) is 0. The predicted molar refractivity (Wildman–Crippen MR) is 39.5 cm³/mol. The molecule has 0 amide bonds. The fraction of sp³-hybridized carbons (Fsp3) is 0.500. The highest BCUT2D eigenvalue weighted by molar-refractivity contribution is 7.87. The smallest absolute Gasteiger partial charge is 0.231 e. The molecule has 1 rings (SSSR count). The maximum Gasteiger partial charge on any atom is 0.231 e. The Morgan fingerprint density at radius 3 is 2.33 bits per heavy atom. The molecule has 0 fully saturated rings. The van der Waals surface area contributed by atoms with Crippen molar-refractivity contribution in [1.82, 2.24) is 4.31 Å². The summed E-state index contributed by atoms with van der Waals surface area (Å²) in [5, 5.41) is 0. The van der Waals surface area contributed by atoms with E-state index in [9.17, 15) is 4.21 Å². The molecule has 9 heavy (non-hydrogen) atoms. The summed E-state index contributed by atoms with van der Waals surface area (Å²) in [4.78, 5) is 0. The van der Waals surface area contributed by atoms with Crippen LogP contribution in [0.1, 0.15) is 0 Å². The lowest BCUT2D eigenvalue weighted by atomic mass is 10.7. The van der Waals surface area contributed by atoms with Crippen molar-refractivity contribution in [3.05, 3.63) is 12.3 Å². The molecule has 0 radical (unpaired) electrons. The number of hydrogen-bond acceptors (Lipinski definition) is 1. The third-order valence-corrected chi connectivity index (χ3v) is 3.26. The standard InChI is InChI=1S/C4H5Cl2NOS/c1-7-3-2-4(5,6)9(7)8/h2-3H,1H3. The first-order valence-corrected chi connectivity index (χ1v) is 4.12. The van der Waals surface area contributed by atoms with Crippen LogP contribution in [0.3, 0.4) is 0 Å². The van der Waals surface area contributed by atoms with Gasteiger partial charge in [0.25, 0.3) is 0 Å². The molecule has 0 saturated carbocycles. The summed E-state index contributed by atoms with van der Waals surface area (Å²) in [7, 11) is 0.327. The zero-order chi connectivity index (χ0) is 7.07. The molecular formula is C4H5Cl2NOS. The summed E-state index contributed by atoms with van der Waals surface area (Å²) in [6.07, 6.45) is 3.09. The van der Waals surface area contributed by atoms with Crippen molar-refractivity contribution in [3.8, 4) is 0 Å². The van der Waals surface area contributed by atoms with Crippen LogP contribution in [0.4, 0.5) is 0 Å². The van der Waals surface area contributed by atoms with E-state index in [0.29, 0.717) is 0 Å². The average Bonchev–Trinajstić information content (AvgIpc) is 1.97. The molecule has 0 spiro atoms. The van der Waals surface area contributed by atoms with E-state index in [1.54, 1.807) is 13.2 Å². The van der Waals surface area contributed by atoms with Gasteiger partial charge in [0, 0.05) is 13.2 Å². The van der Waals surface area contributed by atoms with Crippen molar-refractivity contribution < 1.29 is 4.21 Å². The van der Waals surface area contributed by atoms with Crippen molar-refractivity contribution >= 4 is 34.2 Å². The molecule has 1 atom stereocenters. The van der Waals surface area contributed by atoms with Gasteiger partial charge < -0.3 is 0 Å². The van der Waals surface area contributed by atoms with E-state index in [-0.39, 0.29) is 0 Å². The Labute approximate surface area is 66.0 Å². The molecule has 0 saturated heterocycles. The molecule has 0 N–H and O–H groups in total. The molecule has 1 aliphatic rings. The predicted octanol–water partition coefficient (Wildman–Crippen LogP) is 1.24. The first kappa shape index (κ1) is 7.38. The van der Waals surface area contributed by atoms with E-state index in [4.69, 9.17) is 23.2 Å². The Morgan fingerprint density at radius 1 is 1.67 bits per heavy atom. The molecule has 0 bridgehead atoms. The lowest BCUT2D eigenvalue weighted by Gasteiger charge is -2.11. The third-order valence-electron chi connectivity index (χ3n) is 0.973. The number of halogens is 2. The number of nitrogens with zero attached hydrogens (tertiary/aromatic N) is 1. The van der Waals surface area contributed by atoms with Crippen LogP contribution < -0.4 is 0 Å². The maximum absolute atomic E-state index is 10.9. The molecule has 52 valence electrons. The van der Waals surface area contributed by atoms with Crippen molar-refractivity contribution in [2.75, 3.05) is 7.05 Å². The lowest BCUT2D eigenvalue weighted by Crippen LogP contribution is -2.21. The van der Waals surface area contributed by atoms with Gasteiger partial charge in [0.05, 0.1) is 0 Å². The SMILES string of the molecule is CN1C=CC(Cl)(Cl)S1=O. The number of rotatable bonds is 0. The largest absolute Gasteiger partial charge is 0.299 e. The molecule has 0 aromatic carbocycles. The van der Waals surface area contributed by atoms with Gasteiger partial charge in [0.2, 0.25) is 3.67 Å². The molecular weight excluding hydrogens is 181 g/mol. The highest BCUT2D eigenvalue weighted by Crippen LogP contribution is 2.33. The van der Waals surface area contributed by atoms with Crippen LogP contribution in [0.2, 0.25) is 0 Å². The Balaban J connectivity index is 2.86. The average molecular weight is 186 g/mol. The van der Waals surface area contributed by atoms with Gasteiger partial charge in [-0.1, -0.05) is 23.2 Å². The van der Waals surface area contributed by atoms with Crippen LogP contribution in [0.15, 0.2) is 12.3 Å². The molecule has 5 heteroatoms. The van der Waals surface area contributed by atoms with Crippen LogP contribution in [0.5, 0.6) is 0 Å². The van der Waals surface area contributed by atoms with E-state index in [0.717, 1.165) is 0 Å². The van der Waals surface area contributed by atoms with Crippen molar-refractivity contribution in [2.45, 2.75) is 3.67 Å². The first-order valence-electron chi connectivity index (χ1n) is 2.26. The van der Waals surface area contributed by atoms with Crippen LogP contribution in [0, 0.1) is 0 Å². The minimum absolute atomic E-state index is 1.21. The zero-order valence-corrected chi connectivity index (χ0v) is 7.00. The minimum Gasteiger partial charge on any atom is -0.299 e. The molecule has 0 aliphatic carbocycles. The Kier molecular flexibility index (Phi) is 1.76. The van der Waals surface area contributed by atoms with Gasteiger partial charge in [-0.05, 0) is 6.08 Å². The van der Waals surface area contributed by atoms with Crippen molar-refractivity contribution in [1.29, 1.82) is 0 Å². The normalized spacial score (nSPS) is 31.4. The molecule has 1 heterocycles. The molecule has 2 nitrogen and oxygen atoms in total. The summed E-state index contributed by atoms with van der Waals surface area (Å²) in [5.41, 5.74) is 0. The second-order valence-corrected chi connectivity index (χ2v) is 5.23. The van der Waals surface area contributed by atoms with Crippen molar-refractivity contribution in [3.63, 3.8) is 0 Å². The Bertz CT molecular complexity index is 179. The second kappa shape index (κ2) is 2.15. The van der Waals surface area contributed by atoms with E-state index < -0.39 is 14.7 Å². The number of hydrogen-bond donors (Lipinski definition) is 0. The molecule has 0 aromatic rings. The zero-order valence-electron chi connectivity index (χ0n) is 4.67. The van der Waals surface area contributed by atoms with Gasteiger partial charge in [0.1, 0.15) is 0 Å². The first-order chi connectivity index (χ1) is 4.04. The monoisotopic (exact) mass is 185 g/mol. The van der Waals surface area contributed by atoms with Crippen molar-refractivity contribution in [2.24, 2.45) is 0 Å². The van der Waals surface area contributed by atoms with Gasteiger partial charge in [-0.25, -0.2) is 4.21 Å². The van der Waals surface area contributed by atoms with Gasteiger partial charge in [-0.15, -0.1) is 0 Å². The second-order valence-electron chi connectivity index (χ2n) is 1.67. The van der Waals surface area contributed by atoms with Gasteiger partial charge in [-0.2, -0.15) is 0 Å². The van der Waals surface area contributed by atoms with Gasteiger partial charge in [0.15, 0.2) is 11.0 Å². The van der Waals surface area contributed by atoms with E-state index in [1.807, 2.05) is 0 Å². The van der Waals surface area contributed by atoms with Gasteiger partial charge in [-0.3, -0.25) is 4.31 Å². The Hall–Kier alpha value is 0.270. The van der Waals surface area contributed by atoms with E-state index in [2.05, 4.69) is 0 Å². The van der Waals surface area contributed by atoms with Crippen LogP contribution in [-0.2, 0) is 11.0 Å². The lowest BCUT2D eigenvalue weighted by molar-refractivity contribution is 0.636. The maximum atomic E-state index is 10.9. The molecule has 1 aliphatic heterocycles. The molecule has 1 unspecified atom stereocenters. The summed E-state index contributed by atoms with van der Waals surface area (Å²) in [6.45, 7) is 0. The van der Waals surface area contributed by atoms with E-state index >= 15 is 0 Å². The highest BCUT2D eigenvalue weighted by atomic mass is 35.5. The summed E-state index contributed by atoms with van der Waals surface area (Å²) in [6, 6.07) is 0. The van der Waals surface area contributed by atoms with E-state index in [1.165, 1.54) is 10.4 Å². The fourth-order valence-electron chi connectivity index (χ4n) is 0.497. The quantitative estimate of drug-likeness (QED) is 0.521. The van der Waals surface area contributed by atoms with Crippen LogP contribution in [-0.4, -0.2) is 19.2 Å². The number of alkyl halides is 2. The summed E-state index contributed by atoms with van der Waals surface area (Å²) >= 11 is 11.1. The third kappa shape index (κ3) is 1.23. The minimum atomic E-state index is -1.32. The van der Waals surface area contributed by atoms with Gasteiger partial charge >= 0.3 is 0 Å². The fourth-order valence-corrected chi connectivity index (χ4v) is 2.00.